The third-order valence-corrected chi connectivity index (χ3v) is 3.29. The van der Waals surface area contributed by atoms with Gasteiger partial charge in [0.25, 0.3) is 0 Å². The lowest BCUT2D eigenvalue weighted by Crippen LogP contribution is -2.03. The van der Waals surface area contributed by atoms with E-state index in [1.165, 1.54) is 18.2 Å². The van der Waals surface area contributed by atoms with Crippen LogP contribution in [0.5, 0.6) is 5.75 Å². The zero-order chi connectivity index (χ0) is 13.8. The van der Waals surface area contributed by atoms with Gasteiger partial charge in [0.2, 0.25) is 0 Å². The van der Waals surface area contributed by atoms with Crippen LogP contribution in [0.25, 0.3) is 0 Å². The topological polar surface area (TPSA) is 26.3 Å². The van der Waals surface area contributed by atoms with E-state index < -0.39 is 5.82 Å². The van der Waals surface area contributed by atoms with Gasteiger partial charge >= 0.3 is 0 Å². The van der Waals surface area contributed by atoms with E-state index >= 15 is 0 Å². The normalized spacial score (nSPS) is 10.3. The molecule has 0 heterocycles. The molecule has 0 aromatic heterocycles. The monoisotopic (exact) mass is 322 g/mol. The molecule has 0 atom stereocenters. The minimum absolute atomic E-state index is 0.227. The SMILES string of the molecule is CCOc1ccc(C(=O)c2cc(F)ccc2Br)cc1. The smallest absolute Gasteiger partial charge is 0.194 e. The fraction of sp³-hybridized carbons (Fsp3) is 0.133. The molecule has 0 N–H and O–H groups in total. The summed E-state index contributed by atoms with van der Waals surface area (Å²) in [6, 6.07) is 10.8. The highest BCUT2D eigenvalue weighted by Gasteiger charge is 2.13. The molecule has 0 fully saturated rings. The lowest BCUT2D eigenvalue weighted by atomic mass is 10.0. The van der Waals surface area contributed by atoms with Crippen molar-refractivity contribution in [1.82, 2.24) is 0 Å². The van der Waals surface area contributed by atoms with Crippen LogP contribution >= 0.6 is 15.9 Å². The summed E-state index contributed by atoms with van der Waals surface area (Å²) < 4.78 is 19.1. The molecule has 0 aliphatic carbocycles. The van der Waals surface area contributed by atoms with E-state index in [0.717, 1.165) is 0 Å². The standard InChI is InChI=1S/C15H12BrFO2/c1-2-19-12-6-3-10(4-7-12)15(18)13-9-11(17)5-8-14(13)16/h3-9H,2H2,1H3. The predicted octanol–water partition coefficient (Wildman–Crippen LogP) is 4.22. The number of ether oxygens (including phenoxy) is 1. The maximum absolute atomic E-state index is 13.2. The van der Waals surface area contributed by atoms with Crippen LogP contribution in [-0.2, 0) is 0 Å². The molecule has 19 heavy (non-hydrogen) atoms. The van der Waals surface area contributed by atoms with E-state index in [1.54, 1.807) is 24.3 Å². The van der Waals surface area contributed by atoms with Crippen molar-refractivity contribution < 1.29 is 13.9 Å². The molecular weight excluding hydrogens is 311 g/mol. The van der Waals surface area contributed by atoms with Crippen LogP contribution in [-0.4, -0.2) is 12.4 Å². The first-order valence-electron chi connectivity index (χ1n) is 5.84. The Labute approximate surface area is 119 Å². The zero-order valence-corrected chi connectivity index (χ0v) is 11.9. The van der Waals surface area contributed by atoms with Crippen molar-refractivity contribution in [2.24, 2.45) is 0 Å². The Balaban J connectivity index is 2.30. The van der Waals surface area contributed by atoms with Gasteiger partial charge in [-0.25, -0.2) is 4.39 Å². The molecule has 4 heteroatoms. The minimum Gasteiger partial charge on any atom is -0.494 e. The highest BCUT2D eigenvalue weighted by atomic mass is 79.9. The summed E-state index contributed by atoms with van der Waals surface area (Å²) in [4.78, 5) is 12.3. The van der Waals surface area contributed by atoms with Crippen LogP contribution in [0.4, 0.5) is 4.39 Å². The number of benzene rings is 2. The summed E-state index contributed by atoms with van der Waals surface area (Å²) >= 11 is 3.26. The minimum atomic E-state index is -0.433. The maximum Gasteiger partial charge on any atom is 0.194 e. The third-order valence-electron chi connectivity index (χ3n) is 2.60. The molecule has 2 rings (SSSR count). The number of halogens is 2. The Morgan fingerprint density at radius 3 is 2.53 bits per heavy atom. The summed E-state index contributed by atoms with van der Waals surface area (Å²) in [7, 11) is 0. The van der Waals surface area contributed by atoms with Gasteiger partial charge < -0.3 is 4.74 Å². The van der Waals surface area contributed by atoms with E-state index in [9.17, 15) is 9.18 Å². The van der Waals surface area contributed by atoms with Crippen molar-refractivity contribution in [1.29, 1.82) is 0 Å². The molecule has 0 bridgehead atoms. The molecule has 0 spiro atoms. The molecule has 0 amide bonds. The average molecular weight is 323 g/mol. The van der Waals surface area contributed by atoms with E-state index in [-0.39, 0.29) is 5.78 Å². The van der Waals surface area contributed by atoms with Crippen molar-refractivity contribution in [3.8, 4) is 5.75 Å². The average Bonchev–Trinajstić information content (AvgIpc) is 2.42. The third kappa shape index (κ3) is 3.20. The van der Waals surface area contributed by atoms with Crippen LogP contribution in [0.3, 0.4) is 0 Å². The van der Waals surface area contributed by atoms with Crippen LogP contribution in [0.2, 0.25) is 0 Å². The lowest BCUT2D eigenvalue weighted by molar-refractivity contribution is 0.103. The number of hydrogen-bond acceptors (Lipinski definition) is 2. The van der Waals surface area contributed by atoms with E-state index in [0.29, 0.717) is 28.0 Å². The molecule has 0 saturated carbocycles. The van der Waals surface area contributed by atoms with Crippen molar-refractivity contribution in [3.05, 3.63) is 63.9 Å². The predicted molar refractivity (Wildman–Crippen MR) is 75.1 cm³/mol. The Morgan fingerprint density at radius 1 is 1.21 bits per heavy atom. The molecule has 2 aromatic carbocycles. The fourth-order valence-electron chi connectivity index (χ4n) is 1.70. The van der Waals surface area contributed by atoms with Gasteiger partial charge in [-0.3, -0.25) is 4.79 Å². The van der Waals surface area contributed by atoms with Crippen molar-refractivity contribution >= 4 is 21.7 Å². The highest BCUT2D eigenvalue weighted by molar-refractivity contribution is 9.10. The van der Waals surface area contributed by atoms with Crippen LogP contribution in [0, 0.1) is 5.82 Å². The van der Waals surface area contributed by atoms with Gasteiger partial charge in [0.05, 0.1) is 6.61 Å². The second kappa shape index (κ2) is 5.97. The number of carbonyl (C=O) groups is 1. The lowest BCUT2D eigenvalue weighted by Gasteiger charge is -2.06. The summed E-state index contributed by atoms with van der Waals surface area (Å²) in [6.07, 6.45) is 0. The number of rotatable bonds is 4. The summed E-state index contributed by atoms with van der Waals surface area (Å²) in [5, 5.41) is 0. The molecule has 98 valence electrons. The van der Waals surface area contributed by atoms with Gasteiger partial charge in [0.1, 0.15) is 11.6 Å². The van der Waals surface area contributed by atoms with Gasteiger partial charge in [0, 0.05) is 15.6 Å². The Kier molecular flexibility index (Phi) is 4.32. The van der Waals surface area contributed by atoms with Gasteiger partial charge in [-0.1, -0.05) is 15.9 Å². The molecule has 0 radical (unpaired) electrons. The molecule has 0 aliphatic heterocycles. The van der Waals surface area contributed by atoms with Gasteiger partial charge in [0.15, 0.2) is 5.78 Å². The molecular formula is C15H12BrFO2. The summed E-state index contributed by atoms with van der Waals surface area (Å²) in [5.74, 6) is 0.0456. The zero-order valence-electron chi connectivity index (χ0n) is 10.3. The van der Waals surface area contributed by atoms with Crippen LogP contribution in [0.1, 0.15) is 22.8 Å². The molecule has 2 nitrogen and oxygen atoms in total. The van der Waals surface area contributed by atoms with Gasteiger partial charge in [-0.2, -0.15) is 0 Å². The Bertz CT molecular complexity index is 594. The second-order valence-corrected chi connectivity index (χ2v) is 4.77. The number of hydrogen-bond donors (Lipinski definition) is 0. The maximum atomic E-state index is 13.2. The van der Waals surface area contributed by atoms with Crippen LogP contribution in [0.15, 0.2) is 46.9 Å². The summed E-state index contributed by atoms with van der Waals surface area (Å²) in [6.45, 7) is 2.46. The van der Waals surface area contributed by atoms with Crippen LogP contribution < -0.4 is 4.74 Å². The molecule has 0 unspecified atom stereocenters. The Morgan fingerprint density at radius 2 is 1.89 bits per heavy atom. The second-order valence-electron chi connectivity index (χ2n) is 3.91. The van der Waals surface area contributed by atoms with E-state index in [1.807, 2.05) is 6.92 Å². The van der Waals surface area contributed by atoms with Crippen molar-refractivity contribution in [2.75, 3.05) is 6.61 Å². The first kappa shape index (κ1) is 13.7. The first-order chi connectivity index (χ1) is 9.11. The quantitative estimate of drug-likeness (QED) is 0.788. The van der Waals surface area contributed by atoms with Crippen molar-refractivity contribution in [3.63, 3.8) is 0 Å². The molecule has 0 saturated heterocycles. The number of carbonyl (C=O) groups excluding carboxylic acids is 1. The molecule has 2 aromatic rings. The molecule has 0 aliphatic rings. The highest BCUT2D eigenvalue weighted by Crippen LogP contribution is 2.22. The first-order valence-corrected chi connectivity index (χ1v) is 6.63. The number of ketones is 1. The van der Waals surface area contributed by atoms with Gasteiger partial charge in [-0.15, -0.1) is 0 Å². The van der Waals surface area contributed by atoms with E-state index in [4.69, 9.17) is 4.74 Å². The van der Waals surface area contributed by atoms with Crippen molar-refractivity contribution in [2.45, 2.75) is 6.92 Å². The van der Waals surface area contributed by atoms with Gasteiger partial charge in [-0.05, 0) is 49.4 Å². The Hall–Kier alpha value is -1.68. The largest absolute Gasteiger partial charge is 0.494 e. The fourth-order valence-corrected chi connectivity index (χ4v) is 2.12. The summed E-state index contributed by atoms with van der Waals surface area (Å²) in [5.41, 5.74) is 0.805. The van der Waals surface area contributed by atoms with E-state index in [2.05, 4.69) is 15.9 Å².